The van der Waals surface area contributed by atoms with Crippen LogP contribution in [0.5, 0.6) is 5.75 Å². The number of anilines is 1. The molecule has 5 nitrogen and oxygen atoms in total. The monoisotopic (exact) mass is 230 g/mol. The second-order valence-electron chi connectivity index (χ2n) is 3.32. The predicted molar refractivity (Wildman–Crippen MR) is 58.7 cm³/mol. The second-order valence-corrected chi connectivity index (χ2v) is 5.07. The topological polar surface area (TPSA) is 68.3 Å². The van der Waals surface area contributed by atoms with Crippen molar-refractivity contribution in [3.8, 4) is 5.75 Å². The molecule has 0 saturated carbocycles. The lowest BCUT2D eigenvalue weighted by Crippen LogP contribution is -2.12. The summed E-state index contributed by atoms with van der Waals surface area (Å²) < 4.78 is 29.6. The molecule has 0 fully saturated rings. The van der Waals surface area contributed by atoms with Gasteiger partial charge in [0.1, 0.15) is 11.6 Å². The van der Waals surface area contributed by atoms with Crippen LogP contribution in [0.25, 0.3) is 0 Å². The van der Waals surface area contributed by atoms with Gasteiger partial charge in [0.05, 0.1) is 13.4 Å². The van der Waals surface area contributed by atoms with Gasteiger partial charge in [-0.05, 0) is 13.8 Å². The van der Waals surface area contributed by atoms with Gasteiger partial charge in [-0.1, -0.05) is 0 Å². The zero-order valence-electron chi connectivity index (χ0n) is 9.16. The Hall–Kier alpha value is -1.30. The largest absolute Gasteiger partial charge is 0.496 e. The number of hydrogen-bond acceptors (Lipinski definition) is 4. The molecule has 0 aliphatic carbocycles. The Morgan fingerprint density at radius 2 is 2.00 bits per heavy atom. The summed E-state index contributed by atoms with van der Waals surface area (Å²) in [7, 11) is -1.76. The minimum Gasteiger partial charge on any atom is -0.496 e. The Balaban J connectivity index is 3.22. The van der Waals surface area contributed by atoms with E-state index < -0.39 is 10.0 Å². The van der Waals surface area contributed by atoms with Gasteiger partial charge >= 0.3 is 0 Å². The van der Waals surface area contributed by atoms with Crippen molar-refractivity contribution in [2.24, 2.45) is 0 Å². The first-order valence-corrected chi connectivity index (χ1v) is 6.22. The van der Waals surface area contributed by atoms with Crippen LogP contribution in [0, 0.1) is 13.8 Å². The lowest BCUT2D eigenvalue weighted by Gasteiger charge is -2.12. The first kappa shape index (κ1) is 11.8. The Kier molecular flexibility index (Phi) is 3.18. The third-order valence-electron chi connectivity index (χ3n) is 1.93. The lowest BCUT2D eigenvalue weighted by molar-refractivity contribution is 0.408. The van der Waals surface area contributed by atoms with Crippen molar-refractivity contribution in [1.82, 2.24) is 4.98 Å². The van der Waals surface area contributed by atoms with Gasteiger partial charge in [-0.15, -0.1) is 0 Å². The summed E-state index contributed by atoms with van der Waals surface area (Å²) in [5.41, 5.74) is 1.55. The number of methoxy groups -OCH3 is 1. The van der Waals surface area contributed by atoms with E-state index >= 15 is 0 Å². The fourth-order valence-electron chi connectivity index (χ4n) is 1.31. The number of pyridine rings is 1. The molecule has 84 valence electrons. The summed E-state index contributed by atoms with van der Waals surface area (Å²) in [6.45, 7) is 3.61. The van der Waals surface area contributed by atoms with Crippen LogP contribution in [0.1, 0.15) is 11.1 Å². The standard InChI is InChI=1S/C9H14N2O3S/c1-6-5-10-9(11-15(4,12)13)7(2)8(6)14-3/h5H,1-4H3,(H,10,11). The summed E-state index contributed by atoms with van der Waals surface area (Å²) in [5.74, 6) is 0.955. The molecule has 0 aromatic carbocycles. The third kappa shape index (κ3) is 2.82. The van der Waals surface area contributed by atoms with E-state index in [0.717, 1.165) is 11.8 Å². The average Bonchev–Trinajstić information content (AvgIpc) is 2.09. The number of nitrogens with zero attached hydrogens (tertiary/aromatic N) is 1. The number of hydrogen-bond donors (Lipinski definition) is 1. The lowest BCUT2D eigenvalue weighted by atomic mass is 10.2. The molecular weight excluding hydrogens is 216 g/mol. The maximum Gasteiger partial charge on any atom is 0.230 e. The third-order valence-corrected chi connectivity index (χ3v) is 2.49. The van der Waals surface area contributed by atoms with Gasteiger partial charge in [-0.2, -0.15) is 0 Å². The highest BCUT2D eigenvalue weighted by Gasteiger charge is 2.12. The predicted octanol–water partition coefficient (Wildman–Crippen LogP) is 1.08. The van der Waals surface area contributed by atoms with Crippen molar-refractivity contribution < 1.29 is 13.2 Å². The molecule has 1 rings (SSSR count). The minimum absolute atomic E-state index is 0.306. The molecular formula is C9H14N2O3S. The van der Waals surface area contributed by atoms with Gasteiger partial charge in [-0.3, -0.25) is 4.72 Å². The zero-order chi connectivity index (χ0) is 11.6. The minimum atomic E-state index is -3.31. The molecule has 0 spiro atoms. The molecule has 0 saturated heterocycles. The molecule has 0 aliphatic rings. The molecule has 0 aliphatic heterocycles. The maximum atomic E-state index is 11.0. The van der Waals surface area contributed by atoms with E-state index in [-0.39, 0.29) is 0 Å². The van der Waals surface area contributed by atoms with Gasteiger partial charge in [0, 0.05) is 17.3 Å². The first-order chi connectivity index (χ1) is 6.85. The summed E-state index contributed by atoms with van der Waals surface area (Å²) >= 11 is 0. The fraction of sp³-hybridized carbons (Fsp3) is 0.444. The van der Waals surface area contributed by atoms with Crippen LogP contribution in [0.4, 0.5) is 5.82 Å². The Morgan fingerprint density at radius 3 is 2.47 bits per heavy atom. The molecule has 0 atom stereocenters. The smallest absolute Gasteiger partial charge is 0.230 e. The molecule has 0 amide bonds. The van der Waals surface area contributed by atoms with Crippen LogP contribution < -0.4 is 9.46 Å². The second kappa shape index (κ2) is 4.06. The average molecular weight is 230 g/mol. The van der Waals surface area contributed by atoms with Crippen molar-refractivity contribution in [3.05, 3.63) is 17.3 Å². The van der Waals surface area contributed by atoms with Crippen LogP contribution in [0.15, 0.2) is 6.20 Å². The highest BCUT2D eigenvalue weighted by atomic mass is 32.2. The summed E-state index contributed by atoms with van der Waals surface area (Å²) in [4.78, 5) is 4.00. The van der Waals surface area contributed by atoms with Crippen LogP contribution in [-0.2, 0) is 10.0 Å². The van der Waals surface area contributed by atoms with Crippen molar-refractivity contribution in [3.63, 3.8) is 0 Å². The molecule has 6 heteroatoms. The van der Waals surface area contributed by atoms with E-state index in [9.17, 15) is 8.42 Å². The van der Waals surface area contributed by atoms with Crippen LogP contribution >= 0.6 is 0 Å². The van der Waals surface area contributed by atoms with E-state index in [1.165, 1.54) is 0 Å². The molecule has 15 heavy (non-hydrogen) atoms. The molecule has 1 aromatic rings. The molecule has 1 N–H and O–H groups in total. The number of rotatable bonds is 3. The van der Waals surface area contributed by atoms with Crippen molar-refractivity contribution in [1.29, 1.82) is 0 Å². The molecule has 0 unspecified atom stereocenters. The number of aromatic nitrogens is 1. The normalized spacial score (nSPS) is 11.2. The van der Waals surface area contributed by atoms with Gasteiger partial charge in [0.2, 0.25) is 10.0 Å². The van der Waals surface area contributed by atoms with Gasteiger partial charge in [0.25, 0.3) is 0 Å². The van der Waals surface area contributed by atoms with Gasteiger partial charge in [-0.25, -0.2) is 13.4 Å². The highest BCUT2D eigenvalue weighted by molar-refractivity contribution is 7.92. The van der Waals surface area contributed by atoms with Crippen molar-refractivity contribution in [2.75, 3.05) is 18.1 Å². The number of nitrogens with one attached hydrogen (secondary N) is 1. The van der Waals surface area contributed by atoms with Crippen molar-refractivity contribution >= 4 is 15.8 Å². The fourth-order valence-corrected chi connectivity index (χ4v) is 1.87. The van der Waals surface area contributed by atoms with E-state index in [0.29, 0.717) is 17.1 Å². The van der Waals surface area contributed by atoms with E-state index in [4.69, 9.17) is 4.74 Å². The maximum absolute atomic E-state index is 11.0. The number of sulfonamides is 1. The van der Waals surface area contributed by atoms with E-state index in [2.05, 4.69) is 9.71 Å². The van der Waals surface area contributed by atoms with E-state index in [1.807, 2.05) is 6.92 Å². The highest BCUT2D eigenvalue weighted by Crippen LogP contribution is 2.27. The van der Waals surface area contributed by atoms with Crippen LogP contribution in [-0.4, -0.2) is 26.8 Å². The van der Waals surface area contributed by atoms with Crippen LogP contribution in [0.2, 0.25) is 0 Å². The molecule has 1 heterocycles. The quantitative estimate of drug-likeness (QED) is 0.843. The summed E-state index contributed by atoms with van der Waals surface area (Å²) in [5, 5.41) is 0. The molecule has 1 aromatic heterocycles. The molecule has 0 bridgehead atoms. The number of ether oxygens (including phenoxy) is 1. The summed E-state index contributed by atoms with van der Waals surface area (Å²) in [6, 6.07) is 0. The van der Waals surface area contributed by atoms with E-state index in [1.54, 1.807) is 20.2 Å². The SMILES string of the molecule is COc1c(C)cnc(NS(C)(=O)=O)c1C. The van der Waals surface area contributed by atoms with Gasteiger partial charge in [0.15, 0.2) is 0 Å². The molecule has 0 radical (unpaired) electrons. The Bertz CT molecular complexity index is 468. The summed E-state index contributed by atoms with van der Waals surface area (Å²) in [6.07, 6.45) is 2.65. The Labute approximate surface area is 89.5 Å². The van der Waals surface area contributed by atoms with Gasteiger partial charge < -0.3 is 4.74 Å². The first-order valence-electron chi connectivity index (χ1n) is 4.33. The van der Waals surface area contributed by atoms with Crippen molar-refractivity contribution in [2.45, 2.75) is 13.8 Å². The Morgan fingerprint density at radius 1 is 1.40 bits per heavy atom. The van der Waals surface area contributed by atoms with Crippen LogP contribution in [0.3, 0.4) is 0 Å². The zero-order valence-corrected chi connectivity index (χ0v) is 9.97. The number of aryl methyl sites for hydroxylation is 1.